The van der Waals surface area contributed by atoms with Gasteiger partial charge in [-0.05, 0) is 100 Å². The molecule has 0 unspecified atom stereocenters. The Bertz CT molecular complexity index is 1520. The van der Waals surface area contributed by atoms with Crippen LogP contribution < -0.4 is 10.1 Å². The molecule has 0 saturated carbocycles. The molecule has 45 heavy (non-hydrogen) atoms. The van der Waals surface area contributed by atoms with Gasteiger partial charge in [0.1, 0.15) is 17.2 Å². The molecule has 0 fully saturated rings. The summed E-state index contributed by atoms with van der Waals surface area (Å²) in [6, 6.07) is 29.6. The summed E-state index contributed by atoms with van der Waals surface area (Å²) in [5, 5.41) is 23.8. The molecule has 1 amide bonds. The number of carbonyl (C=O) groups is 1. The van der Waals surface area contributed by atoms with Crippen LogP contribution in [0.15, 0.2) is 91.0 Å². The summed E-state index contributed by atoms with van der Waals surface area (Å²) < 4.78 is 6.06. The van der Waals surface area contributed by atoms with Crippen LogP contribution in [-0.4, -0.2) is 52.8 Å². The molecule has 0 heterocycles. The highest BCUT2D eigenvalue weighted by Gasteiger charge is 2.22. The molecular formula is C38H45ClN2O4. The Morgan fingerprint density at radius 1 is 0.822 bits per heavy atom. The number of rotatable bonds is 15. The van der Waals surface area contributed by atoms with Crippen LogP contribution in [0.25, 0.3) is 0 Å². The third-order valence-electron chi connectivity index (χ3n) is 8.16. The third kappa shape index (κ3) is 9.74. The number of amides is 1. The van der Waals surface area contributed by atoms with Gasteiger partial charge < -0.3 is 20.3 Å². The molecule has 1 atom stereocenters. The summed E-state index contributed by atoms with van der Waals surface area (Å²) >= 11 is 5.82. The molecule has 0 aliphatic carbocycles. The van der Waals surface area contributed by atoms with E-state index >= 15 is 0 Å². The van der Waals surface area contributed by atoms with E-state index in [9.17, 15) is 15.0 Å². The number of nitrogens with zero attached hydrogens (tertiary/aromatic N) is 1. The van der Waals surface area contributed by atoms with Crippen LogP contribution in [0, 0.1) is 0 Å². The zero-order valence-electron chi connectivity index (χ0n) is 26.7. The Kier molecular flexibility index (Phi) is 12.3. The summed E-state index contributed by atoms with van der Waals surface area (Å²) in [5.41, 5.74) is 4.72. The molecule has 0 aliphatic heterocycles. The predicted molar refractivity (Wildman–Crippen MR) is 183 cm³/mol. The minimum Gasteiger partial charge on any atom is -0.508 e. The van der Waals surface area contributed by atoms with Crippen LogP contribution in [-0.2, 0) is 12.8 Å². The Morgan fingerprint density at radius 3 is 2.18 bits per heavy atom. The first kappa shape index (κ1) is 33.9. The second kappa shape index (κ2) is 16.4. The van der Waals surface area contributed by atoms with Crippen molar-refractivity contribution in [3.63, 3.8) is 0 Å². The molecule has 238 valence electrons. The summed E-state index contributed by atoms with van der Waals surface area (Å²) in [6.45, 7) is 10.9. The second-order valence-corrected chi connectivity index (χ2v) is 12.4. The Hall–Kier alpha value is -4.00. The number of hydrogen-bond acceptors (Lipinski definition) is 5. The fourth-order valence-electron chi connectivity index (χ4n) is 5.73. The number of phenolic OH excluding ortho intramolecular Hbond substituents is 2. The Balaban J connectivity index is 1.32. The van der Waals surface area contributed by atoms with Crippen molar-refractivity contribution >= 4 is 17.5 Å². The van der Waals surface area contributed by atoms with E-state index in [1.54, 1.807) is 6.07 Å². The molecule has 7 heteroatoms. The Morgan fingerprint density at radius 2 is 1.51 bits per heavy atom. The second-order valence-electron chi connectivity index (χ2n) is 12.0. The maximum atomic E-state index is 12.3. The highest BCUT2D eigenvalue weighted by atomic mass is 35.5. The highest BCUT2D eigenvalue weighted by molar-refractivity contribution is 6.32. The molecule has 3 N–H and O–H groups in total. The number of hydrogen-bond donors (Lipinski definition) is 3. The number of phenols is 2. The molecule has 0 radical (unpaired) electrons. The van der Waals surface area contributed by atoms with E-state index in [0.29, 0.717) is 49.4 Å². The number of benzene rings is 4. The minimum absolute atomic E-state index is 0.0859. The van der Waals surface area contributed by atoms with Crippen molar-refractivity contribution < 1.29 is 19.7 Å². The molecule has 4 aromatic carbocycles. The first-order chi connectivity index (χ1) is 21.6. The smallest absolute Gasteiger partial charge is 0.251 e. The average Bonchev–Trinajstić information content (AvgIpc) is 3.02. The van der Waals surface area contributed by atoms with Gasteiger partial charge in [0.05, 0.1) is 11.6 Å². The van der Waals surface area contributed by atoms with Crippen LogP contribution in [0.3, 0.4) is 0 Å². The fraction of sp³-hybridized carbons (Fsp3) is 0.342. The molecule has 4 rings (SSSR count). The van der Waals surface area contributed by atoms with E-state index in [1.165, 1.54) is 17.7 Å². The van der Waals surface area contributed by atoms with Crippen molar-refractivity contribution in [1.29, 1.82) is 0 Å². The highest BCUT2D eigenvalue weighted by Crippen LogP contribution is 2.35. The molecule has 4 aromatic rings. The number of halogens is 1. The van der Waals surface area contributed by atoms with Gasteiger partial charge in [0.25, 0.3) is 5.91 Å². The van der Waals surface area contributed by atoms with E-state index in [4.69, 9.17) is 16.3 Å². The van der Waals surface area contributed by atoms with Gasteiger partial charge in [0, 0.05) is 42.1 Å². The van der Waals surface area contributed by atoms with Crippen molar-refractivity contribution in [2.75, 3.05) is 19.7 Å². The largest absolute Gasteiger partial charge is 0.508 e. The van der Waals surface area contributed by atoms with Crippen molar-refractivity contribution in [1.82, 2.24) is 10.2 Å². The van der Waals surface area contributed by atoms with Gasteiger partial charge in [-0.1, -0.05) is 66.2 Å². The topological polar surface area (TPSA) is 82.0 Å². The van der Waals surface area contributed by atoms with E-state index < -0.39 is 0 Å². The first-order valence-corrected chi connectivity index (χ1v) is 16.1. The zero-order valence-corrected chi connectivity index (χ0v) is 27.4. The van der Waals surface area contributed by atoms with E-state index in [0.717, 1.165) is 35.4 Å². The lowest BCUT2D eigenvalue weighted by atomic mass is 9.86. The van der Waals surface area contributed by atoms with Gasteiger partial charge in [-0.15, -0.1) is 0 Å². The lowest BCUT2D eigenvalue weighted by molar-refractivity contribution is 0.0953. The summed E-state index contributed by atoms with van der Waals surface area (Å²) in [7, 11) is 0. The lowest BCUT2D eigenvalue weighted by Crippen LogP contribution is -2.38. The number of carbonyl (C=O) groups excluding carboxylic acids is 1. The average molecular weight is 629 g/mol. The SMILES string of the molecule is CC(C)N(CC[C@H](c1ccccc1)c1cc(CCOc2ccc(CCNC(=O)c3ccc(Cl)c(O)c3)cc2)ccc1O)C(C)C. The number of aromatic hydroxyl groups is 2. The van der Waals surface area contributed by atoms with E-state index in [1.807, 2.05) is 42.5 Å². The van der Waals surface area contributed by atoms with Crippen LogP contribution in [0.4, 0.5) is 0 Å². The summed E-state index contributed by atoms with van der Waals surface area (Å²) in [4.78, 5) is 14.8. The standard InChI is InChI=1S/C38H45ClN2O4/c1-26(2)41(27(3)4)22-19-33(30-8-6-5-7-9-30)34-24-29(12-17-36(34)42)20-23-45-32-14-10-28(11-15-32)18-21-40-38(44)31-13-16-35(39)37(43)25-31/h5-17,24-27,33,42-43H,18-23H2,1-4H3,(H,40,44)/t33-/m1/s1. The van der Waals surface area contributed by atoms with E-state index in [-0.39, 0.29) is 22.6 Å². The van der Waals surface area contributed by atoms with Gasteiger partial charge in [0.2, 0.25) is 0 Å². The number of ether oxygens (including phenoxy) is 1. The summed E-state index contributed by atoms with van der Waals surface area (Å²) in [6.07, 6.45) is 2.29. The van der Waals surface area contributed by atoms with Crippen LogP contribution in [0.2, 0.25) is 5.02 Å². The van der Waals surface area contributed by atoms with Gasteiger partial charge in [0.15, 0.2) is 0 Å². The van der Waals surface area contributed by atoms with Crippen molar-refractivity contribution in [3.8, 4) is 17.2 Å². The molecule has 6 nitrogen and oxygen atoms in total. The molecule has 0 spiro atoms. The van der Waals surface area contributed by atoms with E-state index in [2.05, 4.69) is 68.2 Å². The first-order valence-electron chi connectivity index (χ1n) is 15.7. The quantitative estimate of drug-likeness (QED) is 0.124. The predicted octanol–water partition coefficient (Wildman–Crippen LogP) is 7.99. The summed E-state index contributed by atoms with van der Waals surface area (Å²) in [5.74, 6) is 0.818. The van der Waals surface area contributed by atoms with Gasteiger partial charge in [-0.2, -0.15) is 0 Å². The van der Waals surface area contributed by atoms with Gasteiger partial charge in [-0.25, -0.2) is 0 Å². The van der Waals surface area contributed by atoms with Crippen molar-refractivity contribution in [2.24, 2.45) is 0 Å². The molecule has 0 aliphatic rings. The minimum atomic E-state index is -0.262. The van der Waals surface area contributed by atoms with Gasteiger partial charge >= 0.3 is 0 Å². The maximum absolute atomic E-state index is 12.3. The van der Waals surface area contributed by atoms with Crippen molar-refractivity contribution in [3.05, 3.63) is 124 Å². The molecule has 0 bridgehead atoms. The van der Waals surface area contributed by atoms with Crippen LogP contribution in [0.1, 0.15) is 72.6 Å². The van der Waals surface area contributed by atoms with Crippen molar-refractivity contribution in [2.45, 2.75) is 65.0 Å². The molecule has 0 aromatic heterocycles. The van der Waals surface area contributed by atoms with Crippen LogP contribution in [0.5, 0.6) is 17.2 Å². The maximum Gasteiger partial charge on any atom is 0.251 e. The Labute approximate surface area is 272 Å². The normalized spacial score (nSPS) is 12.1. The zero-order chi connectivity index (χ0) is 32.3. The number of nitrogens with one attached hydrogen (secondary N) is 1. The lowest BCUT2D eigenvalue weighted by Gasteiger charge is -2.32. The molecule has 0 saturated heterocycles. The fourth-order valence-corrected chi connectivity index (χ4v) is 5.85. The third-order valence-corrected chi connectivity index (χ3v) is 8.48. The monoisotopic (exact) mass is 628 g/mol. The molecular weight excluding hydrogens is 584 g/mol. The van der Waals surface area contributed by atoms with Crippen LogP contribution >= 0.6 is 11.6 Å². The van der Waals surface area contributed by atoms with Gasteiger partial charge in [-0.3, -0.25) is 9.69 Å².